The summed E-state index contributed by atoms with van der Waals surface area (Å²) in [6.45, 7) is 2.73. The molecule has 0 aliphatic rings. The van der Waals surface area contributed by atoms with Gasteiger partial charge in [-0.1, -0.05) is 18.2 Å². The normalized spacial score (nSPS) is 12.4. The molecule has 0 spiro atoms. The van der Waals surface area contributed by atoms with E-state index in [1.165, 1.54) is 6.07 Å². The molecule has 0 aliphatic carbocycles. The highest BCUT2D eigenvalue weighted by molar-refractivity contribution is 7.13. The van der Waals surface area contributed by atoms with E-state index in [0.717, 1.165) is 17.4 Å². The summed E-state index contributed by atoms with van der Waals surface area (Å²) in [5, 5.41) is 6.00. The van der Waals surface area contributed by atoms with Gasteiger partial charge in [-0.3, -0.25) is 0 Å². The van der Waals surface area contributed by atoms with Crippen LogP contribution >= 0.6 is 11.3 Å². The minimum absolute atomic E-state index is 0.0465. The topological polar surface area (TPSA) is 28.2 Å². The van der Waals surface area contributed by atoms with E-state index in [4.69, 9.17) is 0 Å². The van der Waals surface area contributed by atoms with Gasteiger partial charge in [0, 0.05) is 24.5 Å². The molecule has 0 bridgehead atoms. The van der Waals surface area contributed by atoms with Crippen LogP contribution in [-0.2, 0) is 6.54 Å². The molecular formula is C14H18FN3S. The number of thiazole rings is 1. The maximum atomic E-state index is 13.8. The Hall–Kier alpha value is -1.46. The molecule has 2 aromatic rings. The Morgan fingerprint density at radius 1 is 1.42 bits per heavy atom. The number of nitrogens with one attached hydrogen (secondary N) is 1. The van der Waals surface area contributed by atoms with E-state index in [9.17, 15) is 4.39 Å². The van der Waals surface area contributed by atoms with Gasteiger partial charge in [-0.05, 0) is 20.0 Å². The van der Waals surface area contributed by atoms with Crippen molar-refractivity contribution in [1.29, 1.82) is 0 Å². The lowest BCUT2D eigenvalue weighted by Crippen LogP contribution is -2.22. The second-order valence-corrected chi connectivity index (χ2v) is 5.30. The van der Waals surface area contributed by atoms with Gasteiger partial charge in [-0.25, -0.2) is 9.37 Å². The number of anilines is 1. The summed E-state index contributed by atoms with van der Waals surface area (Å²) in [5.41, 5.74) is 1.70. The lowest BCUT2D eigenvalue weighted by Gasteiger charge is -2.24. The molecule has 0 aliphatic heterocycles. The summed E-state index contributed by atoms with van der Waals surface area (Å²) in [6.07, 6.45) is 0. The van der Waals surface area contributed by atoms with E-state index in [2.05, 4.69) is 10.3 Å². The standard InChI is InChI=1S/C14H18FN3S/c1-10(12-6-4-5-7-13(12)15)18(3)14-17-11(8-16-2)9-19-14/h4-7,9-10,16H,8H2,1-3H3. The second kappa shape index (κ2) is 6.12. The number of rotatable bonds is 5. The van der Waals surface area contributed by atoms with E-state index in [1.807, 2.05) is 43.4 Å². The Kier molecular flexibility index (Phi) is 4.50. The van der Waals surface area contributed by atoms with Crippen molar-refractivity contribution in [3.8, 4) is 0 Å². The van der Waals surface area contributed by atoms with Gasteiger partial charge in [-0.2, -0.15) is 0 Å². The fourth-order valence-corrected chi connectivity index (χ4v) is 2.78. The largest absolute Gasteiger partial charge is 0.344 e. The zero-order valence-electron chi connectivity index (χ0n) is 11.4. The number of hydrogen-bond donors (Lipinski definition) is 1. The van der Waals surface area contributed by atoms with Crippen molar-refractivity contribution in [2.24, 2.45) is 0 Å². The first kappa shape index (κ1) is 14.0. The van der Waals surface area contributed by atoms with Crippen LogP contribution in [-0.4, -0.2) is 19.1 Å². The third-order valence-corrected chi connectivity index (χ3v) is 4.12. The number of nitrogens with zero attached hydrogens (tertiary/aromatic N) is 2. The summed E-state index contributed by atoms with van der Waals surface area (Å²) in [6, 6.07) is 6.83. The molecule has 3 nitrogen and oxygen atoms in total. The van der Waals surface area contributed by atoms with Gasteiger partial charge in [0.2, 0.25) is 0 Å². The molecule has 0 fully saturated rings. The van der Waals surface area contributed by atoms with Crippen LogP contribution in [0.25, 0.3) is 0 Å². The van der Waals surface area contributed by atoms with Gasteiger partial charge < -0.3 is 10.2 Å². The Bertz CT molecular complexity index is 541. The molecule has 0 saturated heterocycles. The molecule has 1 aromatic heterocycles. The molecule has 1 atom stereocenters. The lowest BCUT2D eigenvalue weighted by molar-refractivity contribution is 0.585. The molecule has 102 valence electrons. The summed E-state index contributed by atoms with van der Waals surface area (Å²) in [5.74, 6) is -0.172. The predicted molar refractivity (Wildman–Crippen MR) is 78.1 cm³/mol. The molecule has 0 amide bonds. The van der Waals surface area contributed by atoms with E-state index in [0.29, 0.717) is 5.56 Å². The van der Waals surface area contributed by atoms with Gasteiger partial charge >= 0.3 is 0 Å². The molecule has 1 N–H and O–H groups in total. The number of aromatic nitrogens is 1. The molecule has 1 heterocycles. The summed E-state index contributed by atoms with van der Waals surface area (Å²) >= 11 is 1.58. The molecule has 1 aromatic carbocycles. The van der Waals surface area contributed by atoms with Crippen LogP contribution < -0.4 is 10.2 Å². The minimum Gasteiger partial charge on any atom is -0.344 e. The zero-order valence-corrected chi connectivity index (χ0v) is 12.2. The molecule has 1 unspecified atom stereocenters. The van der Waals surface area contributed by atoms with Crippen LogP contribution in [0.2, 0.25) is 0 Å². The average Bonchev–Trinajstić information content (AvgIpc) is 2.87. The predicted octanol–water partition coefficient (Wildman–Crippen LogP) is 3.20. The number of halogens is 1. The first-order chi connectivity index (χ1) is 9.13. The molecular weight excluding hydrogens is 261 g/mol. The van der Waals surface area contributed by atoms with E-state index in [-0.39, 0.29) is 11.9 Å². The molecule has 0 saturated carbocycles. The highest BCUT2D eigenvalue weighted by Crippen LogP contribution is 2.29. The van der Waals surface area contributed by atoms with Crippen molar-refractivity contribution in [2.75, 3.05) is 19.0 Å². The Morgan fingerprint density at radius 3 is 2.84 bits per heavy atom. The third kappa shape index (κ3) is 3.11. The Labute approximate surface area is 117 Å². The van der Waals surface area contributed by atoms with Crippen LogP contribution in [0.1, 0.15) is 24.2 Å². The minimum atomic E-state index is -0.172. The van der Waals surface area contributed by atoms with Crippen molar-refractivity contribution < 1.29 is 4.39 Å². The summed E-state index contributed by atoms with van der Waals surface area (Å²) < 4.78 is 13.8. The lowest BCUT2D eigenvalue weighted by atomic mass is 10.1. The van der Waals surface area contributed by atoms with Crippen molar-refractivity contribution in [3.63, 3.8) is 0 Å². The smallest absolute Gasteiger partial charge is 0.185 e. The first-order valence-electron chi connectivity index (χ1n) is 6.19. The van der Waals surface area contributed by atoms with Gasteiger partial charge in [0.15, 0.2) is 5.13 Å². The molecule has 0 radical (unpaired) electrons. The molecule has 19 heavy (non-hydrogen) atoms. The maximum Gasteiger partial charge on any atom is 0.185 e. The van der Waals surface area contributed by atoms with Gasteiger partial charge in [0.1, 0.15) is 5.82 Å². The summed E-state index contributed by atoms with van der Waals surface area (Å²) in [7, 11) is 3.84. The van der Waals surface area contributed by atoms with Gasteiger partial charge in [-0.15, -0.1) is 11.3 Å². The van der Waals surface area contributed by atoms with Gasteiger partial charge in [0.25, 0.3) is 0 Å². The third-order valence-electron chi connectivity index (χ3n) is 3.14. The van der Waals surface area contributed by atoms with Crippen LogP contribution in [0.4, 0.5) is 9.52 Å². The highest BCUT2D eigenvalue weighted by atomic mass is 32.1. The second-order valence-electron chi connectivity index (χ2n) is 4.46. The van der Waals surface area contributed by atoms with Crippen molar-refractivity contribution in [3.05, 3.63) is 46.7 Å². The maximum absolute atomic E-state index is 13.8. The molecule has 5 heteroatoms. The first-order valence-corrected chi connectivity index (χ1v) is 7.07. The van der Waals surface area contributed by atoms with E-state index < -0.39 is 0 Å². The monoisotopic (exact) mass is 279 g/mol. The molecule has 2 rings (SSSR count). The fraction of sp³-hybridized carbons (Fsp3) is 0.357. The Balaban J connectivity index is 2.18. The van der Waals surface area contributed by atoms with Crippen molar-refractivity contribution in [1.82, 2.24) is 10.3 Å². The van der Waals surface area contributed by atoms with Crippen molar-refractivity contribution in [2.45, 2.75) is 19.5 Å². The number of hydrogen-bond acceptors (Lipinski definition) is 4. The van der Waals surface area contributed by atoms with Crippen LogP contribution in [0.15, 0.2) is 29.6 Å². The van der Waals surface area contributed by atoms with Crippen molar-refractivity contribution >= 4 is 16.5 Å². The summed E-state index contributed by atoms with van der Waals surface area (Å²) in [4.78, 5) is 6.54. The Morgan fingerprint density at radius 2 is 2.16 bits per heavy atom. The van der Waals surface area contributed by atoms with Crippen LogP contribution in [0.3, 0.4) is 0 Å². The zero-order chi connectivity index (χ0) is 13.8. The fourth-order valence-electron chi connectivity index (χ4n) is 1.91. The highest BCUT2D eigenvalue weighted by Gasteiger charge is 2.18. The van der Waals surface area contributed by atoms with E-state index in [1.54, 1.807) is 17.4 Å². The SMILES string of the molecule is CNCc1csc(N(C)C(C)c2ccccc2F)n1. The number of benzene rings is 1. The average molecular weight is 279 g/mol. The van der Waals surface area contributed by atoms with Crippen LogP contribution in [0, 0.1) is 5.82 Å². The quantitative estimate of drug-likeness (QED) is 0.911. The van der Waals surface area contributed by atoms with Gasteiger partial charge in [0.05, 0.1) is 11.7 Å². The van der Waals surface area contributed by atoms with Crippen LogP contribution in [0.5, 0.6) is 0 Å². The van der Waals surface area contributed by atoms with E-state index >= 15 is 0 Å².